The molecule has 4 aromatic heterocycles. The zero-order valence-electron chi connectivity index (χ0n) is 63.4. The van der Waals surface area contributed by atoms with E-state index in [0.717, 1.165) is 39.3 Å². The van der Waals surface area contributed by atoms with Crippen molar-refractivity contribution in [1.82, 2.24) is 18.3 Å². The van der Waals surface area contributed by atoms with Crippen LogP contribution in [0.4, 0.5) is 17.1 Å². The van der Waals surface area contributed by atoms with Crippen molar-refractivity contribution in [2.45, 2.75) is 44.9 Å². The van der Waals surface area contributed by atoms with Gasteiger partial charge in [0.05, 0.1) is 33.1 Å². The first-order chi connectivity index (χ1) is 55.5. The Labute approximate surface area is 667 Å². The van der Waals surface area contributed by atoms with Gasteiger partial charge in [0.2, 0.25) is 0 Å². The van der Waals surface area contributed by atoms with Gasteiger partial charge in [0.25, 0.3) is 0 Å². The van der Waals surface area contributed by atoms with Gasteiger partial charge in [0.1, 0.15) is 0 Å². The van der Waals surface area contributed by atoms with Gasteiger partial charge in [-0.1, -0.05) is 286 Å². The fourth-order valence-electron chi connectivity index (χ4n) is 18.2. The average molecular weight is 1520 g/mol. The number of hydrogen-bond acceptors (Lipinski definition) is 1. The molecule has 0 fully saturated rings. The molecule has 22 rings (SSSR count). The molecule has 16 aromatic carbocycles. The number of aromatic nitrogens is 4. The maximum absolute atomic E-state index is 3.68. The number of benzene rings is 16. The first-order valence-corrected chi connectivity index (χ1v) is 39.9. The summed E-state index contributed by atoms with van der Waals surface area (Å²) in [5, 5.41) is 7.52. The summed E-state index contributed by atoms with van der Waals surface area (Å²) in [7, 11) is 0. The molecule has 0 unspecified atom stereocenters. The SMILES string of the molecule is Brc1ccc2c(c1)c1c3ccn(-c4ccccc4)c3ccc1n2-c1ccccc1.CC1(C)c2ccccc2-c2ccc(Cc3ccc(-c4ccccc4)cc3)cc21.CC1(C)c2ccccc2-c2ccc(N(c3ccc(-c4ccccc4)cc3)c3ccc4c(c3)c3c5ccn(-c6ccccc6)c5ccc3n4-c3ccccc3)cc21. The summed E-state index contributed by atoms with van der Waals surface area (Å²) in [6, 6.07) is 141. The summed E-state index contributed by atoms with van der Waals surface area (Å²) < 4.78 is 10.4. The van der Waals surface area contributed by atoms with Crippen molar-refractivity contribution in [2.24, 2.45) is 0 Å². The van der Waals surface area contributed by atoms with Crippen molar-refractivity contribution in [3.63, 3.8) is 0 Å². The molecule has 5 nitrogen and oxygen atoms in total. The van der Waals surface area contributed by atoms with Crippen LogP contribution in [0, 0.1) is 0 Å². The first kappa shape index (κ1) is 68.7. The summed E-state index contributed by atoms with van der Waals surface area (Å²) in [4.78, 5) is 2.44. The Morgan fingerprint density at radius 3 is 1.12 bits per heavy atom. The van der Waals surface area contributed by atoms with Gasteiger partial charge in [-0.2, -0.15) is 0 Å². The molecule has 113 heavy (non-hydrogen) atoms. The Morgan fingerprint density at radius 1 is 0.257 bits per heavy atom. The van der Waals surface area contributed by atoms with E-state index in [9.17, 15) is 0 Å². The highest BCUT2D eigenvalue weighted by Crippen LogP contribution is 2.53. The van der Waals surface area contributed by atoms with E-state index in [1.165, 1.54) is 155 Å². The first-order valence-electron chi connectivity index (χ1n) is 39.1. The molecule has 0 spiro atoms. The summed E-state index contributed by atoms with van der Waals surface area (Å²) in [5.41, 5.74) is 34.0. The molecule has 0 saturated heterocycles. The highest BCUT2D eigenvalue weighted by Gasteiger charge is 2.37. The van der Waals surface area contributed by atoms with E-state index in [1.807, 2.05) is 0 Å². The lowest BCUT2D eigenvalue weighted by atomic mass is 9.81. The van der Waals surface area contributed by atoms with E-state index < -0.39 is 0 Å². The molecule has 0 saturated carbocycles. The van der Waals surface area contributed by atoms with Gasteiger partial charge in [-0.25, -0.2) is 0 Å². The molecule has 0 radical (unpaired) electrons. The number of fused-ring (bicyclic) bond motifs is 16. The Kier molecular flexibility index (Phi) is 17.1. The number of hydrogen-bond donors (Lipinski definition) is 0. The number of nitrogens with zero attached hydrogens (tertiary/aromatic N) is 5. The van der Waals surface area contributed by atoms with Crippen LogP contribution in [0.2, 0.25) is 0 Å². The summed E-state index contributed by atoms with van der Waals surface area (Å²) in [6.45, 7) is 9.40. The number of para-hydroxylation sites is 4. The lowest BCUT2D eigenvalue weighted by Crippen LogP contribution is -2.16. The van der Waals surface area contributed by atoms with E-state index in [2.05, 4.69) is 467 Å². The Hall–Kier alpha value is -13.5. The molecule has 0 bridgehead atoms. The topological polar surface area (TPSA) is 23.0 Å². The minimum atomic E-state index is -0.116. The minimum Gasteiger partial charge on any atom is -0.317 e. The van der Waals surface area contributed by atoms with Crippen LogP contribution >= 0.6 is 15.9 Å². The lowest BCUT2D eigenvalue weighted by molar-refractivity contribution is 0.659. The average Bonchev–Trinajstić information content (AvgIpc) is 1.33. The van der Waals surface area contributed by atoms with Crippen LogP contribution in [0.3, 0.4) is 0 Å². The van der Waals surface area contributed by atoms with Crippen LogP contribution < -0.4 is 4.90 Å². The normalized spacial score (nSPS) is 12.8. The molecule has 4 heterocycles. The zero-order chi connectivity index (χ0) is 75.9. The monoisotopic (exact) mass is 1510 g/mol. The van der Waals surface area contributed by atoms with Gasteiger partial charge >= 0.3 is 0 Å². The van der Waals surface area contributed by atoms with Gasteiger partial charge in [0.15, 0.2) is 0 Å². The van der Waals surface area contributed by atoms with Crippen LogP contribution in [-0.2, 0) is 17.3 Å². The number of halogens is 1. The zero-order valence-corrected chi connectivity index (χ0v) is 65.0. The second-order valence-electron chi connectivity index (χ2n) is 31.0. The van der Waals surface area contributed by atoms with Crippen molar-refractivity contribution < 1.29 is 0 Å². The Balaban J connectivity index is 0.000000122. The largest absolute Gasteiger partial charge is 0.317 e. The molecule has 2 aliphatic carbocycles. The van der Waals surface area contributed by atoms with Crippen molar-refractivity contribution in [1.29, 1.82) is 0 Å². The van der Waals surface area contributed by atoms with Gasteiger partial charge in [-0.05, 0) is 230 Å². The second kappa shape index (κ2) is 28.1. The van der Waals surface area contributed by atoms with Crippen LogP contribution in [0.5, 0.6) is 0 Å². The van der Waals surface area contributed by atoms with Crippen LogP contribution in [0.15, 0.2) is 405 Å². The molecule has 2 aliphatic rings. The third kappa shape index (κ3) is 12.0. The van der Waals surface area contributed by atoms with E-state index in [1.54, 1.807) is 0 Å². The van der Waals surface area contributed by atoms with Crippen molar-refractivity contribution in [3.8, 4) is 67.3 Å². The van der Waals surface area contributed by atoms with Crippen molar-refractivity contribution in [2.75, 3.05) is 4.90 Å². The molecule has 6 heteroatoms. The highest BCUT2D eigenvalue weighted by molar-refractivity contribution is 9.10. The summed E-state index contributed by atoms with van der Waals surface area (Å²) in [5.74, 6) is 0. The van der Waals surface area contributed by atoms with E-state index in [0.29, 0.717) is 0 Å². The third-order valence-electron chi connectivity index (χ3n) is 23.7. The molecule has 540 valence electrons. The van der Waals surface area contributed by atoms with Gasteiger partial charge < -0.3 is 23.2 Å². The minimum absolute atomic E-state index is 0.0686. The predicted molar refractivity (Wildman–Crippen MR) is 479 cm³/mol. The van der Waals surface area contributed by atoms with Crippen molar-refractivity contribution in [3.05, 3.63) is 438 Å². The predicted octanol–water partition coefficient (Wildman–Crippen LogP) is 28.9. The van der Waals surface area contributed by atoms with Crippen LogP contribution in [0.1, 0.15) is 61.1 Å². The highest BCUT2D eigenvalue weighted by atomic mass is 79.9. The molecule has 0 N–H and O–H groups in total. The standard InChI is InChI=1S/C53H39N3.C28H24.C26H17BrN2/c1-53(2)47-21-13-12-20-43(47)44-28-26-42(35-48(44)53)55(40-24-22-37(23-25-40)36-14-6-3-7-15-36)41-27-29-50-46(34-41)52-45-32-33-54(38-16-8-4-9-17-38)49(45)30-31-51(52)56(50)39-18-10-5-11-19-39;1-28(2)26-11-7-6-10-24(26)25-17-14-21(19-27(25)28)18-20-12-15-23(16-13-20)22-8-4-3-5-9-22;27-18-11-12-24-22(17-18)26-21-15-16-28(19-7-3-1-4-8-19)23(21)13-14-25(26)29(24)20-9-5-2-6-10-20/h3-35H,1-2H3;3-17,19H,18H2,1-2H3;1-17H. The number of rotatable bonds is 11. The van der Waals surface area contributed by atoms with Crippen LogP contribution in [0.25, 0.3) is 133 Å². The molecular weight excluding hydrogens is 1440 g/mol. The van der Waals surface area contributed by atoms with Crippen LogP contribution in [-0.4, -0.2) is 18.3 Å². The molecule has 20 aromatic rings. The maximum atomic E-state index is 3.68. The van der Waals surface area contributed by atoms with Gasteiger partial charge in [-0.3, -0.25) is 0 Å². The van der Waals surface area contributed by atoms with Crippen molar-refractivity contribution >= 4 is 98.4 Å². The second-order valence-corrected chi connectivity index (χ2v) is 31.9. The smallest absolute Gasteiger partial charge is 0.0548 e. The van der Waals surface area contributed by atoms with E-state index in [4.69, 9.17) is 0 Å². The van der Waals surface area contributed by atoms with E-state index >= 15 is 0 Å². The Morgan fingerprint density at radius 2 is 0.611 bits per heavy atom. The summed E-state index contributed by atoms with van der Waals surface area (Å²) in [6.07, 6.45) is 5.35. The quantitative estimate of drug-likeness (QED) is 0.127. The fourth-order valence-corrected chi connectivity index (χ4v) is 18.5. The maximum Gasteiger partial charge on any atom is 0.0548 e. The number of anilines is 3. The molecule has 0 atom stereocenters. The molecule has 0 amide bonds. The summed E-state index contributed by atoms with van der Waals surface area (Å²) >= 11 is 3.68. The van der Waals surface area contributed by atoms with Gasteiger partial charge in [0, 0.05) is 99.8 Å². The lowest BCUT2D eigenvalue weighted by Gasteiger charge is -2.28. The Bertz CT molecular complexity index is 6970. The third-order valence-corrected chi connectivity index (χ3v) is 24.2. The van der Waals surface area contributed by atoms with Gasteiger partial charge in [-0.15, -0.1) is 0 Å². The van der Waals surface area contributed by atoms with E-state index in [-0.39, 0.29) is 10.8 Å². The molecule has 0 aliphatic heterocycles. The fraction of sp³-hybridized carbons (Fsp3) is 0.0654. The molecular formula is C107H80BrN5.